The molecule has 3 rings (SSSR count). The first-order valence-electron chi connectivity index (χ1n) is 8.70. The molecule has 0 bridgehead atoms. The molecule has 0 aliphatic rings. The van der Waals surface area contributed by atoms with Crippen molar-refractivity contribution in [3.63, 3.8) is 0 Å². The summed E-state index contributed by atoms with van der Waals surface area (Å²) in [6.07, 6.45) is 1.95. The van der Waals surface area contributed by atoms with Crippen LogP contribution in [0.3, 0.4) is 0 Å². The van der Waals surface area contributed by atoms with Crippen molar-refractivity contribution in [3.05, 3.63) is 84.2 Å². The van der Waals surface area contributed by atoms with Gasteiger partial charge in [-0.15, -0.1) is 0 Å². The molecule has 0 fully saturated rings. The van der Waals surface area contributed by atoms with Gasteiger partial charge in [-0.2, -0.15) is 0 Å². The summed E-state index contributed by atoms with van der Waals surface area (Å²) in [4.78, 5) is 23.9. The van der Waals surface area contributed by atoms with E-state index in [2.05, 4.69) is 10.9 Å². The Bertz CT molecular complexity index is 1020. The third kappa shape index (κ3) is 5.17. The predicted octanol–water partition coefficient (Wildman–Crippen LogP) is 3.61. The molecule has 0 aliphatic heterocycles. The van der Waals surface area contributed by atoms with Crippen LogP contribution in [-0.2, 0) is 9.59 Å². The summed E-state index contributed by atoms with van der Waals surface area (Å²) in [5.74, 6) is -0.801. The van der Waals surface area contributed by atoms with Crippen molar-refractivity contribution in [1.29, 1.82) is 0 Å². The van der Waals surface area contributed by atoms with Crippen molar-refractivity contribution in [3.8, 4) is 5.75 Å². The van der Waals surface area contributed by atoms with E-state index < -0.39 is 17.9 Å². The molecule has 142 valence electrons. The molecule has 5 nitrogen and oxygen atoms in total. The van der Waals surface area contributed by atoms with Crippen LogP contribution >= 0.6 is 0 Å². The SMILES string of the molecule is CC(Oc1ccc2ccccc2c1)C(=O)NNC(=O)/C=C/c1ccc(F)cc1. The molecule has 0 aliphatic carbocycles. The molecule has 2 amide bonds. The number of carbonyl (C=O) groups excluding carboxylic acids is 2. The fourth-order valence-electron chi connectivity index (χ4n) is 2.51. The maximum Gasteiger partial charge on any atom is 0.279 e. The van der Waals surface area contributed by atoms with Crippen LogP contribution in [0.2, 0.25) is 0 Å². The molecule has 6 heteroatoms. The summed E-state index contributed by atoms with van der Waals surface area (Å²) in [7, 11) is 0. The van der Waals surface area contributed by atoms with Crippen LogP contribution in [0.1, 0.15) is 12.5 Å². The van der Waals surface area contributed by atoms with Gasteiger partial charge in [0, 0.05) is 6.08 Å². The van der Waals surface area contributed by atoms with E-state index >= 15 is 0 Å². The molecule has 1 unspecified atom stereocenters. The fraction of sp³-hybridized carbons (Fsp3) is 0.0909. The summed E-state index contributed by atoms with van der Waals surface area (Å²) in [6.45, 7) is 1.59. The zero-order valence-corrected chi connectivity index (χ0v) is 15.2. The lowest BCUT2D eigenvalue weighted by molar-refractivity contribution is -0.131. The van der Waals surface area contributed by atoms with Crippen LogP contribution in [0, 0.1) is 5.82 Å². The highest BCUT2D eigenvalue weighted by atomic mass is 19.1. The molecular weight excluding hydrogens is 359 g/mol. The number of rotatable bonds is 5. The highest BCUT2D eigenvalue weighted by Gasteiger charge is 2.15. The summed E-state index contributed by atoms with van der Waals surface area (Å²) in [5, 5.41) is 2.08. The monoisotopic (exact) mass is 378 g/mol. The fourth-order valence-corrected chi connectivity index (χ4v) is 2.51. The van der Waals surface area contributed by atoms with Crippen molar-refractivity contribution in [2.45, 2.75) is 13.0 Å². The molecule has 28 heavy (non-hydrogen) atoms. The van der Waals surface area contributed by atoms with Crippen molar-refractivity contribution < 1.29 is 18.7 Å². The average molecular weight is 378 g/mol. The Morgan fingerprint density at radius 3 is 2.43 bits per heavy atom. The van der Waals surface area contributed by atoms with Crippen LogP contribution in [-0.4, -0.2) is 17.9 Å². The lowest BCUT2D eigenvalue weighted by Gasteiger charge is -2.15. The van der Waals surface area contributed by atoms with Crippen molar-refractivity contribution in [2.75, 3.05) is 0 Å². The van der Waals surface area contributed by atoms with Crippen LogP contribution in [0.15, 0.2) is 72.8 Å². The number of ether oxygens (including phenoxy) is 1. The number of nitrogens with one attached hydrogen (secondary N) is 2. The van der Waals surface area contributed by atoms with Gasteiger partial charge in [0.15, 0.2) is 6.10 Å². The summed E-state index contributed by atoms with van der Waals surface area (Å²) in [6, 6.07) is 19.1. The van der Waals surface area contributed by atoms with Crippen molar-refractivity contribution >= 4 is 28.7 Å². The molecule has 3 aromatic rings. The van der Waals surface area contributed by atoms with Crippen LogP contribution in [0.5, 0.6) is 5.75 Å². The number of hydrogen-bond acceptors (Lipinski definition) is 3. The molecule has 0 saturated carbocycles. The van der Waals surface area contributed by atoms with E-state index in [1.165, 1.54) is 36.4 Å². The van der Waals surface area contributed by atoms with Crippen LogP contribution < -0.4 is 15.6 Å². The van der Waals surface area contributed by atoms with Crippen molar-refractivity contribution in [1.82, 2.24) is 10.9 Å². The number of hydrogen-bond donors (Lipinski definition) is 2. The average Bonchev–Trinajstić information content (AvgIpc) is 2.71. The predicted molar refractivity (Wildman–Crippen MR) is 106 cm³/mol. The normalized spacial score (nSPS) is 11.9. The van der Waals surface area contributed by atoms with Crippen LogP contribution in [0.25, 0.3) is 16.8 Å². The maximum atomic E-state index is 12.8. The number of benzene rings is 3. The van der Waals surface area contributed by atoms with Gasteiger partial charge in [-0.3, -0.25) is 20.4 Å². The van der Waals surface area contributed by atoms with Gasteiger partial charge in [0.2, 0.25) is 0 Å². The second-order valence-electron chi connectivity index (χ2n) is 6.13. The third-order valence-electron chi connectivity index (χ3n) is 4.01. The second-order valence-corrected chi connectivity index (χ2v) is 6.13. The molecule has 0 radical (unpaired) electrons. The number of hydrazine groups is 1. The number of halogens is 1. The smallest absolute Gasteiger partial charge is 0.279 e. The van der Waals surface area contributed by atoms with Crippen molar-refractivity contribution in [2.24, 2.45) is 0 Å². The molecule has 1 atom stereocenters. The van der Waals surface area contributed by atoms with E-state index in [0.29, 0.717) is 11.3 Å². The Labute approximate surface area is 161 Å². The molecule has 3 aromatic carbocycles. The van der Waals surface area contributed by atoms with E-state index in [-0.39, 0.29) is 5.82 Å². The standard InChI is InChI=1S/C22H19FN2O3/c1-15(28-20-12-9-17-4-2-3-5-18(17)14-20)22(27)25-24-21(26)13-8-16-6-10-19(23)11-7-16/h2-15H,1H3,(H,24,26)(H,25,27)/b13-8+. The second kappa shape index (κ2) is 8.81. The third-order valence-corrected chi connectivity index (χ3v) is 4.01. The van der Waals surface area contributed by atoms with Gasteiger partial charge in [-0.1, -0.05) is 42.5 Å². The zero-order chi connectivity index (χ0) is 19.9. The summed E-state index contributed by atoms with van der Waals surface area (Å²) < 4.78 is 18.5. The molecule has 0 heterocycles. The molecular formula is C22H19FN2O3. The molecule has 0 spiro atoms. The van der Waals surface area contributed by atoms with E-state index in [0.717, 1.165) is 10.8 Å². The lowest BCUT2D eigenvalue weighted by atomic mass is 10.1. The maximum absolute atomic E-state index is 12.8. The van der Waals surface area contributed by atoms with E-state index in [1.54, 1.807) is 13.0 Å². The van der Waals surface area contributed by atoms with Gasteiger partial charge in [-0.05, 0) is 53.6 Å². The first-order valence-corrected chi connectivity index (χ1v) is 8.70. The summed E-state index contributed by atoms with van der Waals surface area (Å²) in [5.41, 5.74) is 5.25. The Hall–Kier alpha value is -3.67. The molecule has 0 saturated heterocycles. The lowest BCUT2D eigenvalue weighted by Crippen LogP contribution is -2.46. The van der Waals surface area contributed by atoms with Crippen LogP contribution in [0.4, 0.5) is 4.39 Å². The first kappa shape index (κ1) is 19.1. The number of fused-ring (bicyclic) bond motifs is 1. The van der Waals surface area contributed by atoms with Gasteiger partial charge in [0.05, 0.1) is 0 Å². The van der Waals surface area contributed by atoms with Gasteiger partial charge >= 0.3 is 0 Å². The zero-order valence-electron chi connectivity index (χ0n) is 15.2. The molecule has 2 N–H and O–H groups in total. The highest BCUT2D eigenvalue weighted by molar-refractivity contribution is 5.93. The Balaban J connectivity index is 1.50. The minimum Gasteiger partial charge on any atom is -0.481 e. The Morgan fingerprint density at radius 2 is 1.68 bits per heavy atom. The first-order chi connectivity index (χ1) is 13.5. The minimum atomic E-state index is -0.803. The Morgan fingerprint density at radius 1 is 0.964 bits per heavy atom. The molecule has 0 aromatic heterocycles. The highest BCUT2D eigenvalue weighted by Crippen LogP contribution is 2.21. The Kier molecular flexibility index (Phi) is 6.01. The number of amides is 2. The quantitative estimate of drug-likeness (QED) is 0.527. The topological polar surface area (TPSA) is 67.4 Å². The van der Waals surface area contributed by atoms with E-state index in [4.69, 9.17) is 4.74 Å². The summed E-state index contributed by atoms with van der Waals surface area (Å²) >= 11 is 0. The number of carbonyl (C=O) groups is 2. The van der Waals surface area contributed by atoms with Gasteiger partial charge < -0.3 is 4.74 Å². The van der Waals surface area contributed by atoms with Gasteiger partial charge in [-0.25, -0.2) is 4.39 Å². The van der Waals surface area contributed by atoms with E-state index in [1.807, 2.05) is 36.4 Å². The minimum absolute atomic E-state index is 0.353. The largest absolute Gasteiger partial charge is 0.481 e. The van der Waals surface area contributed by atoms with E-state index in [9.17, 15) is 14.0 Å². The van der Waals surface area contributed by atoms with Gasteiger partial charge in [0.1, 0.15) is 11.6 Å². The van der Waals surface area contributed by atoms with Gasteiger partial charge in [0.25, 0.3) is 11.8 Å².